The van der Waals surface area contributed by atoms with Crippen molar-refractivity contribution in [2.24, 2.45) is 5.92 Å². The lowest BCUT2D eigenvalue weighted by molar-refractivity contribution is -0.137. The van der Waals surface area contributed by atoms with E-state index in [0.29, 0.717) is 24.5 Å². The number of carbonyl (C=O) groups excluding carboxylic acids is 3. The molecule has 2 amide bonds. The Bertz CT molecular complexity index is 795. The molecule has 8 heteroatoms. The van der Waals surface area contributed by atoms with Gasteiger partial charge in [0.25, 0.3) is 0 Å². The number of aldehydes is 1. The molecule has 35 heavy (non-hydrogen) atoms. The Morgan fingerprint density at radius 1 is 1.29 bits per heavy atom. The Labute approximate surface area is 210 Å². The second-order valence-electron chi connectivity index (χ2n) is 9.52. The van der Waals surface area contributed by atoms with Crippen molar-refractivity contribution in [2.75, 3.05) is 33.4 Å². The van der Waals surface area contributed by atoms with Gasteiger partial charge in [-0.25, -0.2) is 0 Å². The van der Waals surface area contributed by atoms with Crippen LogP contribution in [0.4, 0.5) is 0 Å². The summed E-state index contributed by atoms with van der Waals surface area (Å²) >= 11 is 0. The Morgan fingerprint density at radius 3 is 2.66 bits per heavy atom. The molecule has 196 valence electrons. The molecule has 0 radical (unpaired) electrons. The van der Waals surface area contributed by atoms with Gasteiger partial charge in [0.05, 0.1) is 12.2 Å². The van der Waals surface area contributed by atoms with Gasteiger partial charge in [0, 0.05) is 38.7 Å². The fourth-order valence-electron chi connectivity index (χ4n) is 3.57. The first-order valence-electron chi connectivity index (χ1n) is 12.2. The molecule has 0 saturated carbocycles. The van der Waals surface area contributed by atoms with Crippen molar-refractivity contribution in [1.82, 2.24) is 15.5 Å². The molecule has 2 N–H and O–H groups in total. The van der Waals surface area contributed by atoms with Crippen LogP contribution in [0.3, 0.4) is 0 Å². The molecule has 1 heterocycles. The largest absolute Gasteiger partial charge is 0.494 e. The minimum absolute atomic E-state index is 0.188. The topological polar surface area (TPSA) is 97.0 Å². The summed E-state index contributed by atoms with van der Waals surface area (Å²) in [5.74, 6) is 0.329. The lowest BCUT2D eigenvalue weighted by Crippen LogP contribution is -2.49. The van der Waals surface area contributed by atoms with Crippen LogP contribution >= 0.6 is 0 Å². The molecule has 1 aliphatic heterocycles. The average Bonchev–Trinajstić information content (AvgIpc) is 2.87. The highest BCUT2D eigenvalue weighted by molar-refractivity contribution is 5.97. The van der Waals surface area contributed by atoms with Gasteiger partial charge in [-0.1, -0.05) is 18.7 Å². The first-order valence-corrected chi connectivity index (χ1v) is 12.2. The maximum absolute atomic E-state index is 13.1. The summed E-state index contributed by atoms with van der Waals surface area (Å²) in [4.78, 5) is 38.0. The standard InChI is InChI=1S/C27H43N3O5/c1-7-29-16-13-22(15-19-35-27(3,4)5)20-34-23-11-8-10-21(2)26(33)30(17-14-23)24(12-9-18-31)25(32)28-6/h7-8,10-11,14,18,22,24,29H,1,9,12-13,15-17,19-20H2,2-6H3,(H,28,32)/b11-8-,21-10+,23-14-. The van der Waals surface area contributed by atoms with Gasteiger partial charge in [0.1, 0.15) is 18.1 Å². The number of likely N-dealkylation sites (N-methyl/N-ethyl adjacent to an activating group) is 1. The summed E-state index contributed by atoms with van der Waals surface area (Å²) in [6, 6.07) is -0.746. The highest BCUT2D eigenvalue weighted by Gasteiger charge is 2.29. The first kappa shape index (κ1) is 30.2. The molecule has 1 rings (SSSR count). The van der Waals surface area contributed by atoms with Crippen molar-refractivity contribution < 1.29 is 23.9 Å². The SMILES string of the molecule is C=CNCCC(CCOC(C)(C)C)COC1=C\CN(C(CCC=O)C(=O)NC)C(=O)/C(C)=C/C=C\1. The Kier molecular flexibility index (Phi) is 13.7. The zero-order valence-electron chi connectivity index (χ0n) is 22.0. The number of hydrogen-bond donors (Lipinski definition) is 2. The highest BCUT2D eigenvalue weighted by atomic mass is 16.5. The summed E-state index contributed by atoms with van der Waals surface area (Å²) in [6.07, 6.45) is 11.7. The van der Waals surface area contributed by atoms with Gasteiger partial charge in [0.2, 0.25) is 11.8 Å². The third-order valence-corrected chi connectivity index (χ3v) is 5.57. The summed E-state index contributed by atoms with van der Waals surface area (Å²) in [5.41, 5.74) is 0.308. The minimum atomic E-state index is -0.746. The molecule has 0 bridgehead atoms. The number of nitrogens with zero attached hydrogens (tertiary/aromatic N) is 1. The molecule has 1 aliphatic rings. The molecule has 0 aromatic heterocycles. The smallest absolute Gasteiger partial charge is 0.250 e. The molecule has 0 spiro atoms. The van der Waals surface area contributed by atoms with Crippen molar-refractivity contribution in [3.63, 3.8) is 0 Å². The number of ether oxygens (including phenoxy) is 2. The molecule has 0 saturated heterocycles. The fraction of sp³-hybridized carbons (Fsp3) is 0.593. The van der Waals surface area contributed by atoms with Crippen LogP contribution in [-0.2, 0) is 23.9 Å². The van der Waals surface area contributed by atoms with E-state index in [2.05, 4.69) is 17.2 Å². The van der Waals surface area contributed by atoms with Crippen LogP contribution in [0.25, 0.3) is 0 Å². The third kappa shape index (κ3) is 11.9. The zero-order chi connectivity index (χ0) is 26.3. The Balaban J connectivity index is 2.99. The van der Waals surface area contributed by atoms with E-state index in [1.54, 1.807) is 25.3 Å². The molecular formula is C27H43N3O5. The molecule has 8 nitrogen and oxygen atoms in total. The van der Waals surface area contributed by atoms with E-state index in [-0.39, 0.29) is 42.7 Å². The monoisotopic (exact) mass is 489 g/mol. The maximum Gasteiger partial charge on any atom is 0.250 e. The summed E-state index contributed by atoms with van der Waals surface area (Å²) in [6.45, 7) is 13.6. The van der Waals surface area contributed by atoms with Gasteiger partial charge in [0.15, 0.2) is 0 Å². The van der Waals surface area contributed by atoms with Gasteiger partial charge in [-0.15, -0.1) is 0 Å². The summed E-state index contributed by atoms with van der Waals surface area (Å²) < 4.78 is 12.1. The number of rotatable bonds is 15. The Hall–Kier alpha value is -2.87. The van der Waals surface area contributed by atoms with E-state index in [4.69, 9.17) is 9.47 Å². The molecule has 0 aromatic carbocycles. The summed E-state index contributed by atoms with van der Waals surface area (Å²) in [5, 5.41) is 5.74. The number of carbonyl (C=O) groups is 3. The predicted octanol–water partition coefficient (Wildman–Crippen LogP) is 3.27. The first-order chi connectivity index (χ1) is 16.6. The molecule has 0 aromatic rings. The maximum atomic E-state index is 13.1. The number of hydrogen-bond acceptors (Lipinski definition) is 6. The molecule has 0 fully saturated rings. The normalized spacial score (nSPS) is 20.0. The molecule has 0 aliphatic carbocycles. The van der Waals surface area contributed by atoms with Gasteiger partial charge in [-0.2, -0.15) is 0 Å². The van der Waals surface area contributed by atoms with E-state index in [1.807, 2.05) is 32.9 Å². The Morgan fingerprint density at radius 2 is 2.03 bits per heavy atom. The van der Waals surface area contributed by atoms with Crippen LogP contribution in [0.2, 0.25) is 0 Å². The van der Waals surface area contributed by atoms with Crippen molar-refractivity contribution in [1.29, 1.82) is 0 Å². The lowest BCUT2D eigenvalue weighted by Gasteiger charge is -2.30. The van der Waals surface area contributed by atoms with E-state index >= 15 is 0 Å². The van der Waals surface area contributed by atoms with Gasteiger partial charge < -0.3 is 29.8 Å². The van der Waals surface area contributed by atoms with E-state index in [0.717, 1.165) is 25.7 Å². The third-order valence-electron chi connectivity index (χ3n) is 5.57. The fourth-order valence-corrected chi connectivity index (χ4v) is 3.57. The van der Waals surface area contributed by atoms with Crippen molar-refractivity contribution in [3.05, 3.63) is 48.4 Å². The van der Waals surface area contributed by atoms with Crippen molar-refractivity contribution in [3.8, 4) is 0 Å². The zero-order valence-corrected chi connectivity index (χ0v) is 22.0. The van der Waals surface area contributed by atoms with Gasteiger partial charge >= 0.3 is 0 Å². The number of nitrogens with one attached hydrogen (secondary N) is 2. The highest BCUT2D eigenvalue weighted by Crippen LogP contribution is 2.18. The number of amides is 2. The summed E-state index contributed by atoms with van der Waals surface area (Å²) in [7, 11) is 1.52. The predicted molar refractivity (Wildman–Crippen MR) is 138 cm³/mol. The average molecular weight is 490 g/mol. The van der Waals surface area contributed by atoms with Crippen LogP contribution < -0.4 is 10.6 Å². The van der Waals surface area contributed by atoms with Crippen LogP contribution in [0, 0.1) is 5.92 Å². The van der Waals surface area contributed by atoms with Crippen LogP contribution in [0.1, 0.15) is 53.4 Å². The van der Waals surface area contributed by atoms with Gasteiger partial charge in [-0.05, 0) is 71.2 Å². The quantitative estimate of drug-likeness (QED) is 0.271. The molecule has 2 atom stereocenters. The van der Waals surface area contributed by atoms with Crippen molar-refractivity contribution >= 4 is 18.1 Å². The van der Waals surface area contributed by atoms with Crippen LogP contribution in [0.5, 0.6) is 0 Å². The second kappa shape index (κ2) is 15.9. The van der Waals surface area contributed by atoms with E-state index in [9.17, 15) is 14.4 Å². The second-order valence-corrected chi connectivity index (χ2v) is 9.52. The van der Waals surface area contributed by atoms with Crippen LogP contribution in [-0.4, -0.2) is 68.0 Å². The number of allylic oxidation sites excluding steroid dienone is 3. The van der Waals surface area contributed by atoms with E-state index < -0.39 is 6.04 Å². The van der Waals surface area contributed by atoms with Crippen LogP contribution in [0.15, 0.2) is 48.4 Å². The molecule has 2 unspecified atom stereocenters. The minimum Gasteiger partial charge on any atom is -0.494 e. The molecular weight excluding hydrogens is 446 g/mol. The van der Waals surface area contributed by atoms with E-state index in [1.165, 1.54) is 11.9 Å². The van der Waals surface area contributed by atoms with Gasteiger partial charge in [-0.3, -0.25) is 9.59 Å². The lowest BCUT2D eigenvalue weighted by atomic mass is 10.0. The van der Waals surface area contributed by atoms with Crippen molar-refractivity contribution in [2.45, 2.75) is 65.0 Å².